The lowest BCUT2D eigenvalue weighted by Crippen LogP contribution is -2.37. The molecule has 39 heavy (non-hydrogen) atoms. The van der Waals surface area contributed by atoms with Crippen LogP contribution in [0.1, 0.15) is 12.0 Å². The first-order valence-corrected chi connectivity index (χ1v) is 14.0. The third kappa shape index (κ3) is 4.25. The molecule has 1 aliphatic heterocycles. The number of rotatable bonds is 6. The lowest BCUT2D eigenvalue weighted by Gasteiger charge is -2.32. The van der Waals surface area contributed by atoms with Crippen molar-refractivity contribution in [1.82, 2.24) is 34.3 Å². The minimum absolute atomic E-state index is 0.321. The second kappa shape index (κ2) is 9.37. The van der Waals surface area contributed by atoms with E-state index >= 15 is 0 Å². The molecule has 0 saturated carbocycles. The van der Waals surface area contributed by atoms with Crippen LogP contribution in [0.4, 0.5) is 11.6 Å². The van der Waals surface area contributed by atoms with Crippen LogP contribution in [-0.4, -0.2) is 51.9 Å². The molecule has 194 valence electrons. The molecule has 2 N–H and O–H groups in total. The molecule has 7 rings (SSSR count). The summed E-state index contributed by atoms with van der Waals surface area (Å²) in [6.07, 6.45) is 9.97. The van der Waals surface area contributed by atoms with Crippen LogP contribution in [0, 0.1) is 0 Å². The standard InChI is InChI=1S/C28H25N9OS/c1-35-10-7-23(34-35)22-15-37(28-26(22)27(29)31-17-32-28)20-11-18(13-30-14-20)16-39(38)21-5-3-19-4-6-25(33-24(19)12-21)36-8-2-9-36/h3-7,10-15,17H,2,8-9,16H2,1H3,(H2,29,31,32). The number of hydrogen-bond donors (Lipinski definition) is 1. The maximum atomic E-state index is 13.4. The summed E-state index contributed by atoms with van der Waals surface area (Å²) in [5.74, 6) is 1.68. The summed E-state index contributed by atoms with van der Waals surface area (Å²) in [5, 5.41) is 6.31. The van der Waals surface area contributed by atoms with Crippen molar-refractivity contribution in [2.75, 3.05) is 23.7 Å². The number of nitrogen functional groups attached to an aromatic ring is 1. The number of anilines is 2. The molecule has 1 aliphatic rings. The quantitative estimate of drug-likeness (QED) is 0.319. The third-order valence-electron chi connectivity index (χ3n) is 7.05. The molecule has 6 heterocycles. The number of aryl methyl sites for hydroxylation is 1. The van der Waals surface area contributed by atoms with Gasteiger partial charge in [0.25, 0.3) is 0 Å². The predicted octanol–water partition coefficient (Wildman–Crippen LogP) is 3.86. The molecule has 1 aromatic carbocycles. The fraction of sp³-hybridized carbons (Fsp3) is 0.179. The highest BCUT2D eigenvalue weighted by Crippen LogP contribution is 2.33. The van der Waals surface area contributed by atoms with Crippen molar-refractivity contribution in [1.29, 1.82) is 0 Å². The largest absolute Gasteiger partial charge is 0.611 e. The molecule has 1 saturated heterocycles. The maximum Gasteiger partial charge on any atom is 0.155 e. The van der Waals surface area contributed by atoms with Gasteiger partial charge in [-0.05, 0) is 54.0 Å². The summed E-state index contributed by atoms with van der Waals surface area (Å²) in [6.45, 7) is 2.07. The zero-order valence-electron chi connectivity index (χ0n) is 21.2. The van der Waals surface area contributed by atoms with Gasteiger partial charge < -0.3 is 15.2 Å². The van der Waals surface area contributed by atoms with Crippen LogP contribution in [0.3, 0.4) is 0 Å². The molecule has 0 aliphatic carbocycles. The van der Waals surface area contributed by atoms with E-state index in [0.29, 0.717) is 17.2 Å². The Morgan fingerprint density at radius 2 is 1.92 bits per heavy atom. The summed E-state index contributed by atoms with van der Waals surface area (Å²) >= 11 is -1.27. The number of benzene rings is 1. The van der Waals surface area contributed by atoms with E-state index in [1.54, 1.807) is 17.1 Å². The van der Waals surface area contributed by atoms with Gasteiger partial charge in [0.05, 0.1) is 28.5 Å². The van der Waals surface area contributed by atoms with Crippen LogP contribution in [0.5, 0.6) is 0 Å². The Kier molecular flexibility index (Phi) is 5.67. The number of pyridine rings is 2. The Morgan fingerprint density at radius 1 is 1.05 bits per heavy atom. The lowest BCUT2D eigenvalue weighted by atomic mass is 10.2. The summed E-state index contributed by atoms with van der Waals surface area (Å²) in [7, 11) is 1.87. The number of aromatic nitrogens is 7. The van der Waals surface area contributed by atoms with Gasteiger partial charge in [-0.3, -0.25) is 14.2 Å². The highest BCUT2D eigenvalue weighted by atomic mass is 32.2. The van der Waals surface area contributed by atoms with E-state index < -0.39 is 11.2 Å². The van der Waals surface area contributed by atoms with Gasteiger partial charge >= 0.3 is 0 Å². The molecule has 0 spiro atoms. The molecule has 11 heteroatoms. The molecule has 1 atom stereocenters. The highest BCUT2D eigenvalue weighted by molar-refractivity contribution is 7.90. The van der Waals surface area contributed by atoms with Crippen molar-refractivity contribution in [3.63, 3.8) is 0 Å². The summed E-state index contributed by atoms with van der Waals surface area (Å²) in [6, 6.07) is 13.9. The van der Waals surface area contributed by atoms with E-state index in [0.717, 1.165) is 62.6 Å². The first-order chi connectivity index (χ1) is 19.0. The van der Waals surface area contributed by atoms with E-state index in [9.17, 15) is 4.55 Å². The van der Waals surface area contributed by atoms with Crippen LogP contribution in [-0.2, 0) is 24.0 Å². The van der Waals surface area contributed by atoms with E-state index in [1.165, 1.54) is 12.7 Å². The monoisotopic (exact) mass is 535 g/mol. The molecule has 6 aromatic rings. The van der Waals surface area contributed by atoms with Crippen LogP contribution in [0.15, 0.2) is 78.5 Å². The molecule has 0 amide bonds. The Balaban J connectivity index is 1.21. The Hall–Kier alpha value is -4.48. The van der Waals surface area contributed by atoms with E-state index in [-0.39, 0.29) is 0 Å². The van der Waals surface area contributed by atoms with Crippen LogP contribution >= 0.6 is 0 Å². The third-order valence-corrected chi connectivity index (χ3v) is 8.43. The van der Waals surface area contributed by atoms with Crippen molar-refractivity contribution in [2.24, 2.45) is 7.05 Å². The summed E-state index contributed by atoms with van der Waals surface area (Å²) in [5.41, 5.74) is 11.0. The predicted molar refractivity (Wildman–Crippen MR) is 152 cm³/mol. The first kappa shape index (κ1) is 23.6. The number of fused-ring (bicyclic) bond motifs is 2. The molecule has 0 radical (unpaired) electrons. The van der Waals surface area contributed by atoms with Crippen LogP contribution in [0.2, 0.25) is 0 Å². The van der Waals surface area contributed by atoms with E-state index in [4.69, 9.17) is 10.7 Å². The molecule has 1 fully saturated rings. The average Bonchev–Trinajstić information content (AvgIpc) is 3.52. The molecular weight excluding hydrogens is 510 g/mol. The lowest BCUT2D eigenvalue weighted by molar-refractivity contribution is 0.594. The van der Waals surface area contributed by atoms with Gasteiger partial charge in [0.15, 0.2) is 10.5 Å². The van der Waals surface area contributed by atoms with E-state index in [1.807, 2.05) is 54.3 Å². The smallest absolute Gasteiger partial charge is 0.155 e. The summed E-state index contributed by atoms with van der Waals surface area (Å²) in [4.78, 5) is 21.0. The van der Waals surface area contributed by atoms with Gasteiger partial charge in [0.1, 0.15) is 23.7 Å². The SMILES string of the molecule is Cn1ccc(-c2cn(-c3cncc(C[S+]([O-])c4ccc5ccc(N6CCC6)nc5c4)c3)c3ncnc(N)c23)n1. The van der Waals surface area contributed by atoms with Crippen molar-refractivity contribution in [3.05, 3.63) is 79.1 Å². The molecule has 5 aromatic heterocycles. The number of hydrogen-bond acceptors (Lipinski definition) is 8. The maximum absolute atomic E-state index is 13.4. The zero-order chi connectivity index (χ0) is 26.5. The topological polar surface area (TPSA) is 127 Å². The summed E-state index contributed by atoms with van der Waals surface area (Å²) < 4.78 is 17.1. The van der Waals surface area contributed by atoms with Gasteiger partial charge in [0, 0.05) is 61.3 Å². The Morgan fingerprint density at radius 3 is 2.72 bits per heavy atom. The molecule has 1 unspecified atom stereocenters. The fourth-order valence-corrected chi connectivity index (χ4v) is 5.99. The molecule has 0 bridgehead atoms. The van der Waals surface area contributed by atoms with Gasteiger partial charge in [-0.15, -0.1) is 0 Å². The van der Waals surface area contributed by atoms with Gasteiger partial charge in [-0.25, -0.2) is 15.0 Å². The van der Waals surface area contributed by atoms with Gasteiger partial charge in [-0.1, -0.05) is 0 Å². The fourth-order valence-electron chi connectivity index (χ4n) is 4.90. The molecule has 10 nitrogen and oxygen atoms in total. The minimum Gasteiger partial charge on any atom is -0.611 e. The first-order valence-electron chi connectivity index (χ1n) is 12.6. The van der Waals surface area contributed by atoms with Crippen molar-refractivity contribution in [3.8, 4) is 16.9 Å². The van der Waals surface area contributed by atoms with Gasteiger partial charge in [0.2, 0.25) is 0 Å². The zero-order valence-corrected chi connectivity index (χ0v) is 22.0. The highest BCUT2D eigenvalue weighted by Gasteiger charge is 2.20. The molecular formula is C28H25N9OS. The van der Waals surface area contributed by atoms with Crippen molar-refractivity contribution < 1.29 is 4.55 Å². The number of nitrogens with zero attached hydrogens (tertiary/aromatic N) is 8. The second-order valence-electron chi connectivity index (χ2n) is 9.65. The van der Waals surface area contributed by atoms with Crippen molar-refractivity contribution in [2.45, 2.75) is 17.1 Å². The average molecular weight is 536 g/mol. The van der Waals surface area contributed by atoms with E-state index in [2.05, 4.69) is 37.1 Å². The van der Waals surface area contributed by atoms with Crippen LogP contribution in [0.25, 0.3) is 38.9 Å². The minimum atomic E-state index is -1.27. The van der Waals surface area contributed by atoms with Gasteiger partial charge in [-0.2, -0.15) is 5.10 Å². The van der Waals surface area contributed by atoms with Crippen molar-refractivity contribution >= 4 is 44.7 Å². The second-order valence-corrected chi connectivity index (χ2v) is 11.1. The van der Waals surface area contributed by atoms with Crippen LogP contribution < -0.4 is 10.6 Å². The normalized spacial score (nSPS) is 14.2. The Labute approximate surface area is 227 Å². The Bertz CT molecular complexity index is 1840. The number of nitrogens with two attached hydrogens (primary N) is 1.